The summed E-state index contributed by atoms with van der Waals surface area (Å²) in [6.07, 6.45) is 2.02. The van der Waals surface area contributed by atoms with Gasteiger partial charge in [0.15, 0.2) is 0 Å². The van der Waals surface area contributed by atoms with Crippen LogP contribution in [0.25, 0.3) is 0 Å². The lowest BCUT2D eigenvalue weighted by Crippen LogP contribution is -2.20. The minimum Gasteiger partial charge on any atom is -0.304 e. The van der Waals surface area contributed by atoms with Gasteiger partial charge in [0.05, 0.1) is 6.54 Å². The van der Waals surface area contributed by atoms with Gasteiger partial charge >= 0.3 is 0 Å². The number of hydrogen-bond acceptors (Lipinski definition) is 6. The van der Waals surface area contributed by atoms with Gasteiger partial charge in [-0.2, -0.15) is 0 Å². The van der Waals surface area contributed by atoms with Crippen LogP contribution in [0.1, 0.15) is 30.0 Å². The predicted octanol–water partition coefficient (Wildman–Crippen LogP) is 2.84. The molecular weight excluding hydrogens is 330 g/mol. The molecular formula is C13H16ClN3O2S2. The molecule has 0 amide bonds. The van der Waals surface area contributed by atoms with Crippen LogP contribution >= 0.6 is 22.9 Å². The van der Waals surface area contributed by atoms with E-state index in [0.717, 1.165) is 29.6 Å². The summed E-state index contributed by atoms with van der Waals surface area (Å²) in [5.41, 5.74) is 1.10. The SMILES string of the molecule is CC[C@@H](NCc1nnc(S(C)(=O)=O)s1)c1cccc(Cl)c1. The number of rotatable bonds is 6. The molecule has 1 N–H and O–H groups in total. The highest BCUT2D eigenvalue weighted by Crippen LogP contribution is 2.22. The monoisotopic (exact) mass is 345 g/mol. The van der Waals surface area contributed by atoms with E-state index in [9.17, 15) is 8.42 Å². The Hall–Kier alpha value is -1.02. The lowest BCUT2D eigenvalue weighted by atomic mass is 10.0. The normalized spacial score (nSPS) is 13.3. The molecule has 1 aromatic heterocycles. The van der Waals surface area contributed by atoms with Crippen molar-refractivity contribution in [3.05, 3.63) is 39.9 Å². The summed E-state index contributed by atoms with van der Waals surface area (Å²) in [6, 6.07) is 7.81. The van der Waals surface area contributed by atoms with Crippen LogP contribution in [0.4, 0.5) is 0 Å². The van der Waals surface area contributed by atoms with E-state index in [-0.39, 0.29) is 10.4 Å². The minimum absolute atomic E-state index is 0.0510. The minimum atomic E-state index is -3.28. The first-order valence-electron chi connectivity index (χ1n) is 6.41. The Balaban J connectivity index is 2.05. The van der Waals surface area contributed by atoms with E-state index in [4.69, 9.17) is 11.6 Å². The Bertz CT molecular complexity index is 716. The Morgan fingerprint density at radius 2 is 2.14 bits per heavy atom. The van der Waals surface area contributed by atoms with Crippen molar-refractivity contribution in [1.29, 1.82) is 0 Å². The van der Waals surface area contributed by atoms with Gasteiger partial charge in [-0.15, -0.1) is 10.2 Å². The molecule has 1 heterocycles. The highest BCUT2D eigenvalue weighted by atomic mass is 35.5. The van der Waals surface area contributed by atoms with Crippen LogP contribution in [-0.2, 0) is 16.4 Å². The van der Waals surface area contributed by atoms with E-state index in [1.165, 1.54) is 0 Å². The molecule has 0 fully saturated rings. The second kappa shape index (κ2) is 6.83. The van der Waals surface area contributed by atoms with Gasteiger partial charge in [-0.05, 0) is 24.1 Å². The average molecular weight is 346 g/mol. The third kappa shape index (κ3) is 4.47. The Morgan fingerprint density at radius 1 is 1.38 bits per heavy atom. The van der Waals surface area contributed by atoms with Gasteiger partial charge in [-0.3, -0.25) is 0 Å². The van der Waals surface area contributed by atoms with Crippen LogP contribution in [0.3, 0.4) is 0 Å². The van der Waals surface area contributed by atoms with Gasteiger partial charge in [0.25, 0.3) is 0 Å². The fourth-order valence-corrected chi connectivity index (χ4v) is 3.69. The number of nitrogens with zero attached hydrogens (tertiary/aromatic N) is 2. The fourth-order valence-electron chi connectivity index (χ4n) is 1.89. The number of sulfone groups is 1. The summed E-state index contributed by atoms with van der Waals surface area (Å²) >= 11 is 7.09. The van der Waals surface area contributed by atoms with Crippen molar-refractivity contribution in [3.63, 3.8) is 0 Å². The van der Waals surface area contributed by atoms with Crippen LogP contribution < -0.4 is 5.32 Å². The number of halogens is 1. The summed E-state index contributed by atoms with van der Waals surface area (Å²) in [6.45, 7) is 2.54. The van der Waals surface area contributed by atoms with Crippen molar-refractivity contribution in [3.8, 4) is 0 Å². The maximum absolute atomic E-state index is 11.4. The number of hydrogen-bond donors (Lipinski definition) is 1. The van der Waals surface area contributed by atoms with Crippen molar-refractivity contribution in [1.82, 2.24) is 15.5 Å². The molecule has 21 heavy (non-hydrogen) atoms. The van der Waals surface area contributed by atoms with Gasteiger partial charge in [-0.25, -0.2) is 8.42 Å². The maximum Gasteiger partial charge on any atom is 0.232 e. The molecule has 1 atom stereocenters. The Labute approximate surface area is 133 Å². The van der Waals surface area contributed by atoms with Crippen molar-refractivity contribution in [2.45, 2.75) is 30.3 Å². The molecule has 5 nitrogen and oxygen atoms in total. The van der Waals surface area contributed by atoms with Crippen molar-refractivity contribution >= 4 is 32.8 Å². The zero-order chi connectivity index (χ0) is 15.5. The largest absolute Gasteiger partial charge is 0.304 e. The second-order valence-corrected chi connectivity index (χ2v) is 8.32. The van der Waals surface area contributed by atoms with Gasteiger partial charge in [0.1, 0.15) is 5.01 Å². The van der Waals surface area contributed by atoms with Crippen LogP contribution in [0.15, 0.2) is 28.6 Å². The fraction of sp³-hybridized carbons (Fsp3) is 0.385. The first-order valence-corrected chi connectivity index (χ1v) is 9.50. The molecule has 0 aliphatic carbocycles. The van der Waals surface area contributed by atoms with Crippen molar-refractivity contribution < 1.29 is 8.42 Å². The van der Waals surface area contributed by atoms with Gasteiger partial charge in [-0.1, -0.05) is 42.0 Å². The molecule has 114 valence electrons. The van der Waals surface area contributed by atoms with E-state index in [1.54, 1.807) is 0 Å². The second-order valence-electron chi connectivity index (χ2n) is 4.63. The first-order chi connectivity index (χ1) is 9.90. The zero-order valence-electron chi connectivity index (χ0n) is 11.7. The van der Waals surface area contributed by atoms with E-state index >= 15 is 0 Å². The number of aromatic nitrogens is 2. The third-order valence-electron chi connectivity index (χ3n) is 2.92. The standard InChI is InChI=1S/C13H16ClN3O2S2/c1-3-11(9-5-4-6-10(14)7-9)15-8-12-16-17-13(20-12)21(2,18)19/h4-7,11,15H,3,8H2,1-2H3/t11-/m1/s1. The Morgan fingerprint density at radius 3 is 2.71 bits per heavy atom. The summed E-state index contributed by atoms with van der Waals surface area (Å²) in [5.74, 6) is 0. The first kappa shape index (κ1) is 16.4. The van der Waals surface area contributed by atoms with Crippen molar-refractivity contribution in [2.24, 2.45) is 0 Å². The van der Waals surface area contributed by atoms with E-state index in [1.807, 2.05) is 24.3 Å². The lowest BCUT2D eigenvalue weighted by Gasteiger charge is -2.16. The third-order valence-corrected chi connectivity index (χ3v) is 5.75. The molecule has 2 aromatic rings. The smallest absolute Gasteiger partial charge is 0.232 e. The number of benzene rings is 1. The highest BCUT2D eigenvalue weighted by Gasteiger charge is 2.15. The molecule has 0 bridgehead atoms. The van der Waals surface area contributed by atoms with Crippen LogP contribution in [0.2, 0.25) is 5.02 Å². The van der Waals surface area contributed by atoms with Crippen LogP contribution in [0, 0.1) is 0 Å². The van der Waals surface area contributed by atoms with Crippen LogP contribution in [0.5, 0.6) is 0 Å². The van der Waals surface area contributed by atoms with Gasteiger partial charge in [0, 0.05) is 17.3 Å². The summed E-state index contributed by atoms with van der Waals surface area (Å²) in [7, 11) is -3.28. The summed E-state index contributed by atoms with van der Waals surface area (Å²) in [5, 5.41) is 12.3. The molecule has 8 heteroatoms. The molecule has 0 aliphatic rings. The van der Waals surface area contributed by atoms with E-state index < -0.39 is 9.84 Å². The topological polar surface area (TPSA) is 72.0 Å². The molecule has 0 saturated heterocycles. The zero-order valence-corrected chi connectivity index (χ0v) is 14.1. The number of nitrogens with one attached hydrogen (secondary N) is 1. The highest BCUT2D eigenvalue weighted by molar-refractivity contribution is 7.92. The predicted molar refractivity (Wildman–Crippen MR) is 84.3 cm³/mol. The van der Waals surface area contributed by atoms with Crippen LogP contribution in [-0.4, -0.2) is 24.9 Å². The molecule has 0 aliphatic heterocycles. The summed E-state index contributed by atoms with van der Waals surface area (Å²) in [4.78, 5) is 0. The summed E-state index contributed by atoms with van der Waals surface area (Å²) < 4.78 is 22.8. The molecule has 0 unspecified atom stereocenters. The molecule has 0 radical (unpaired) electrons. The molecule has 0 spiro atoms. The van der Waals surface area contributed by atoms with Gasteiger partial charge < -0.3 is 5.32 Å². The van der Waals surface area contributed by atoms with E-state index in [2.05, 4.69) is 22.4 Å². The molecule has 1 aromatic carbocycles. The van der Waals surface area contributed by atoms with Gasteiger partial charge in [0.2, 0.25) is 14.2 Å². The molecule has 2 rings (SSSR count). The van der Waals surface area contributed by atoms with Crippen molar-refractivity contribution in [2.75, 3.05) is 6.26 Å². The maximum atomic E-state index is 11.4. The lowest BCUT2D eigenvalue weighted by molar-refractivity contribution is 0.516. The Kier molecular flexibility index (Phi) is 5.32. The van der Waals surface area contributed by atoms with E-state index in [0.29, 0.717) is 16.6 Å². The average Bonchev–Trinajstić information content (AvgIpc) is 2.88. The quantitative estimate of drug-likeness (QED) is 0.871. The molecule has 0 saturated carbocycles.